The molecule has 0 fully saturated rings. The lowest BCUT2D eigenvalue weighted by Crippen LogP contribution is -2.34. The van der Waals surface area contributed by atoms with Gasteiger partial charge in [-0.25, -0.2) is 9.37 Å². The molecular weight excluding hydrogens is 469 g/mol. The minimum Gasteiger partial charge on any atom is -0.309 e. The van der Waals surface area contributed by atoms with Crippen molar-refractivity contribution < 1.29 is 4.39 Å². The Bertz CT molecular complexity index is 1590. The summed E-state index contributed by atoms with van der Waals surface area (Å²) in [5.41, 5.74) is 5.22. The molecule has 0 spiro atoms. The van der Waals surface area contributed by atoms with E-state index in [-0.39, 0.29) is 17.4 Å². The van der Waals surface area contributed by atoms with E-state index < -0.39 is 0 Å². The molecule has 0 amide bonds. The zero-order chi connectivity index (χ0) is 24.5. The molecule has 1 aliphatic carbocycles. The van der Waals surface area contributed by atoms with Crippen molar-refractivity contribution in [2.45, 2.75) is 38.4 Å². The number of benzene rings is 3. The molecular formula is C30H26FN3OS. The topological polar surface area (TPSA) is 46.9 Å². The molecule has 6 heteroatoms. The van der Waals surface area contributed by atoms with Crippen molar-refractivity contribution >= 4 is 21.6 Å². The van der Waals surface area contributed by atoms with Crippen molar-refractivity contribution in [1.29, 1.82) is 0 Å². The van der Waals surface area contributed by atoms with E-state index in [1.54, 1.807) is 28.3 Å². The smallest absolute Gasteiger partial charge is 0.262 e. The number of hydrogen-bond donors (Lipinski definition) is 1. The summed E-state index contributed by atoms with van der Waals surface area (Å²) in [6.45, 7) is 0.991. The van der Waals surface area contributed by atoms with E-state index >= 15 is 0 Å². The number of halogens is 1. The van der Waals surface area contributed by atoms with Gasteiger partial charge in [-0.3, -0.25) is 9.36 Å². The van der Waals surface area contributed by atoms with Gasteiger partial charge in [0, 0.05) is 23.0 Å². The second kappa shape index (κ2) is 9.80. The summed E-state index contributed by atoms with van der Waals surface area (Å²) in [5.74, 6) is -0.178. The van der Waals surface area contributed by atoms with E-state index in [0.29, 0.717) is 18.7 Å². The largest absolute Gasteiger partial charge is 0.309 e. The fourth-order valence-corrected chi connectivity index (χ4v) is 6.32. The van der Waals surface area contributed by atoms with Crippen molar-refractivity contribution in [2.75, 3.05) is 0 Å². The van der Waals surface area contributed by atoms with Crippen molar-refractivity contribution in [3.8, 4) is 11.1 Å². The number of nitrogens with one attached hydrogen (secondary N) is 1. The highest BCUT2D eigenvalue weighted by atomic mass is 32.1. The summed E-state index contributed by atoms with van der Waals surface area (Å²) in [5, 5.41) is 4.27. The molecule has 5 aromatic rings. The van der Waals surface area contributed by atoms with Crippen LogP contribution in [0.4, 0.5) is 4.39 Å². The molecule has 1 N–H and O–H groups in total. The summed E-state index contributed by atoms with van der Waals surface area (Å²) < 4.78 is 15.7. The van der Waals surface area contributed by atoms with Gasteiger partial charge in [0.1, 0.15) is 10.6 Å². The Morgan fingerprint density at radius 1 is 1.00 bits per heavy atom. The Hall–Kier alpha value is -3.61. The van der Waals surface area contributed by atoms with Crippen LogP contribution in [0.2, 0.25) is 0 Å². The minimum atomic E-state index is -0.178. The molecule has 1 aliphatic rings. The predicted octanol–water partition coefficient (Wildman–Crippen LogP) is 5.96. The predicted molar refractivity (Wildman–Crippen MR) is 144 cm³/mol. The summed E-state index contributed by atoms with van der Waals surface area (Å²) in [7, 11) is 0. The summed E-state index contributed by atoms with van der Waals surface area (Å²) >= 11 is 1.62. The zero-order valence-corrected chi connectivity index (χ0v) is 20.6. The Morgan fingerprint density at radius 2 is 1.81 bits per heavy atom. The van der Waals surface area contributed by atoms with Crippen LogP contribution in [0, 0.1) is 5.82 Å². The summed E-state index contributed by atoms with van der Waals surface area (Å²) in [6, 6.07) is 25.7. The number of rotatable bonds is 6. The molecule has 4 nitrogen and oxygen atoms in total. The maximum absolute atomic E-state index is 14.0. The fraction of sp³-hybridized carbons (Fsp3) is 0.200. The van der Waals surface area contributed by atoms with Crippen LogP contribution >= 0.6 is 11.3 Å². The van der Waals surface area contributed by atoms with Crippen LogP contribution in [-0.4, -0.2) is 15.6 Å². The maximum atomic E-state index is 14.0. The van der Waals surface area contributed by atoms with Crippen LogP contribution in [0.5, 0.6) is 0 Å². The quantitative estimate of drug-likeness (QED) is 0.316. The van der Waals surface area contributed by atoms with E-state index in [9.17, 15) is 9.18 Å². The molecule has 6 rings (SSSR count). The average molecular weight is 496 g/mol. The van der Waals surface area contributed by atoms with Gasteiger partial charge in [-0.2, -0.15) is 0 Å². The van der Waals surface area contributed by atoms with Crippen LogP contribution in [0.15, 0.2) is 90.0 Å². The van der Waals surface area contributed by atoms with Crippen molar-refractivity contribution in [3.05, 3.63) is 123 Å². The third-order valence-corrected chi connectivity index (χ3v) is 8.12. The standard InChI is InChI=1S/C30H26FN3OS/c31-26-12-5-4-10-23(26)17-32-24-13-14-25-27(16-24)36-29-28(25)30(35)34(19-33-29)18-20-7-6-11-22(15-20)21-8-2-1-3-9-21/h1-12,15,19,24,32H,13-14,16-18H2. The Balaban J connectivity index is 1.23. The summed E-state index contributed by atoms with van der Waals surface area (Å²) in [4.78, 5) is 20.2. The van der Waals surface area contributed by atoms with Gasteiger partial charge < -0.3 is 5.32 Å². The molecule has 1 unspecified atom stereocenters. The van der Waals surface area contributed by atoms with Gasteiger partial charge >= 0.3 is 0 Å². The van der Waals surface area contributed by atoms with Crippen molar-refractivity contribution in [1.82, 2.24) is 14.9 Å². The minimum absolute atomic E-state index is 0.0281. The molecule has 2 heterocycles. The van der Waals surface area contributed by atoms with Gasteiger partial charge in [0.05, 0.1) is 18.3 Å². The molecule has 3 aromatic carbocycles. The number of hydrogen-bond acceptors (Lipinski definition) is 4. The van der Waals surface area contributed by atoms with Crippen LogP contribution in [0.1, 0.15) is 28.0 Å². The number of thiophene rings is 1. The van der Waals surface area contributed by atoms with Gasteiger partial charge in [0.2, 0.25) is 0 Å². The van der Waals surface area contributed by atoms with Gasteiger partial charge in [0.15, 0.2) is 0 Å². The highest BCUT2D eigenvalue weighted by Gasteiger charge is 2.25. The van der Waals surface area contributed by atoms with Crippen molar-refractivity contribution in [2.24, 2.45) is 0 Å². The average Bonchev–Trinajstić information content (AvgIpc) is 3.29. The van der Waals surface area contributed by atoms with Gasteiger partial charge in [-0.15, -0.1) is 11.3 Å². The SMILES string of the molecule is O=c1c2c3c(sc2ncn1Cc1cccc(-c2ccccc2)c1)CC(NCc1ccccc1F)CC3. The van der Waals surface area contributed by atoms with Crippen LogP contribution < -0.4 is 10.9 Å². The Labute approximate surface area is 213 Å². The molecule has 2 aromatic heterocycles. The highest BCUT2D eigenvalue weighted by Crippen LogP contribution is 2.34. The highest BCUT2D eigenvalue weighted by molar-refractivity contribution is 7.18. The van der Waals surface area contributed by atoms with Gasteiger partial charge in [0.25, 0.3) is 5.56 Å². The lowest BCUT2D eigenvalue weighted by molar-refractivity contribution is 0.456. The van der Waals surface area contributed by atoms with Crippen LogP contribution in [0.25, 0.3) is 21.3 Å². The lowest BCUT2D eigenvalue weighted by atomic mass is 9.93. The molecule has 0 saturated heterocycles. The van der Waals surface area contributed by atoms with E-state index in [1.807, 2.05) is 36.4 Å². The van der Waals surface area contributed by atoms with Gasteiger partial charge in [-0.05, 0) is 53.6 Å². The lowest BCUT2D eigenvalue weighted by Gasteiger charge is -2.23. The molecule has 0 saturated carbocycles. The Kier molecular flexibility index (Phi) is 6.21. The third kappa shape index (κ3) is 4.50. The first-order valence-electron chi connectivity index (χ1n) is 12.3. The van der Waals surface area contributed by atoms with E-state index in [1.165, 1.54) is 10.9 Å². The normalized spacial score (nSPS) is 15.2. The second-order valence-corrected chi connectivity index (χ2v) is 10.4. The fourth-order valence-electron chi connectivity index (χ4n) is 5.06. The van der Waals surface area contributed by atoms with E-state index in [0.717, 1.165) is 51.7 Å². The van der Waals surface area contributed by atoms with Gasteiger partial charge in [-0.1, -0.05) is 66.7 Å². The third-order valence-electron chi connectivity index (χ3n) is 6.96. The maximum Gasteiger partial charge on any atom is 0.262 e. The van der Waals surface area contributed by atoms with Crippen LogP contribution in [-0.2, 0) is 25.9 Å². The zero-order valence-electron chi connectivity index (χ0n) is 19.8. The first-order valence-corrected chi connectivity index (χ1v) is 13.1. The van der Waals surface area contributed by atoms with E-state index in [2.05, 4.69) is 40.6 Å². The Morgan fingerprint density at radius 3 is 2.67 bits per heavy atom. The molecule has 1 atom stereocenters. The monoisotopic (exact) mass is 495 g/mol. The van der Waals surface area contributed by atoms with Crippen molar-refractivity contribution in [3.63, 3.8) is 0 Å². The number of nitrogens with zero attached hydrogens (tertiary/aromatic N) is 2. The van der Waals surface area contributed by atoms with Crippen LogP contribution in [0.3, 0.4) is 0 Å². The molecule has 180 valence electrons. The first-order chi connectivity index (χ1) is 17.7. The number of fused-ring (bicyclic) bond motifs is 3. The molecule has 36 heavy (non-hydrogen) atoms. The first kappa shape index (κ1) is 22.8. The number of aryl methyl sites for hydroxylation is 1. The molecule has 0 radical (unpaired) electrons. The van der Waals surface area contributed by atoms with E-state index in [4.69, 9.17) is 0 Å². The molecule has 0 bridgehead atoms. The summed E-state index contributed by atoms with van der Waals surface area (Å²) in [6.07, 6.45) is 4.26. The number of aromatic nitrogens is 2. The second-order valence-electron chi connectivity index (χ2n) is 9.34. The molecule has 0 aliphatic heterocycles.